The Morgan fingerprint density at radius 2 is 2.40 bits per heavy atom. The van der Waals surface area contributed by atoms with Crippen molar-refractivity contribution in [1.29, 1.82) is 0 Å². The summed E-state index contributed by atoms with van der Waals surface area (Å²) in [6, 6.07) is 2.14. The molecule has 1 heterocycles. The van der Waals surface area contributed by atoms with Gasteiger partial charge in [0.1, 0.15) is 0 Å². The monoisotopic (exact) mass is 137 g/mol. The fraction of sp³-hybridized carbons (Fsp3) is 0.556. The molecule has 1 atom stereocenters. The van der Waals surface area contributed by atoms with Crippen LogP contribution in [0.4, 0.5) is 0 Å². The first-order valence-corrected chi connectivity index (χ1v) is 3.94. The Morgan fingerprint density at radius 1 is 1.60 bits per heavy atom. The molecule has 0 radical (unpaired) electrons. The van der Waals surface area contributed by atoms with E-state index in [1.165, 1.54) is 18.4 Å². The predicted molar refractivity (Wildman–Crippen MR) is 44.0 cm³/mol. The van der Waals surface area contributed by atoms with Crippen molar-refractivity contribution in [2.45, 2.75) is 26.7 Å². The van der Waals surface area contributed by atoms with Gasteiger partial charge in [0.2, 0.25) is 0 Å². The first-order valence-electron chi connectivity index (χ1n) is 3.94. The van der Waals surface area contributed by atoms with Crippen LogP contribution in [0, 0.1) is 5.92 Å². The fourth-order valence-electron chi connectivity index (χ4n) is 1.03. The van der Waals surface area contributed by atoms with Gasteiger partial charge in [-0.2, -0.15) is 0 Å². The summed E-state index contributed by atoms with van der Waals surface area (Å²) in [6.07, 6.45) is 6.54. The Hall–Kier alpha value is -0.720. The molecule has 0 aliphatic carbocycles. The number of aromatic nitrogens is 1. The molecule has 0 fully saturated rings. The van der Waals surface area contributed by atoms with Crippen molar-refractivity contribution >= 4 is 0 Å². The van der Waals surface area contributed by atoms with Crippen LogP contribution in [0.25, 0.3) is 0 Å². The normalized spacial score (nSPS) is 13.4. The minimum atomic E-state index is 0.816. The number of hydrogen-bond donors (Lipinski definition) is 1. The van der Waals surface area contributed by atoms with Gasteiger partial charge in [0.25, 0.3) is 0 Å². The van der Waals surface area contributed by atoms with E-state index in [1.54, 1.807) is 0 Å². The molecule has 1 heteroatoms. The van der Waals surface area contributed by atoms with E-state index in [0.717, 1.165) is 5.92 Å². The Kier molecular flexibility index (Phi) is 2.55. The lowest BCUT2D eigenvalue weighted by atomic mass is 10.0. The number of hydrogen-bond acceptors (Lipinski definition) is 0. The molecule has 1 nitrogen and oxygen atoms in total. The van der Waals surface area contributed by atoms with Gasteiger partial charge >= 0.3 is 0 Å². The lowest BCUT2D eigenvalue weighted by molar-refractivity contribution is 0.560. The molecule has 10 heavy (non-hydrogen) atoms. The first kappa shape index (κ1) is 7.39. The van der Waals surface area contributed by atoms with E-state index in [0.29, 0.717) is 0 Å². The molecule has 0 aliphatic heterocycles. The molecule has 1 aromatic heterocycles. The molecule has 0 aromatic carbocycles. The summed E-state index contributed by atoms with van der Waals surface area (Å²) in [4.78, 5) is 3.06. The summed E-state index contributed by atoms with van der Waals surface area (Å²) in [5, 5.41) is 0. The highest BCUT2D eigenvalue weighted by atomic mass is 14.6. The van der Waals surface area contributed by atoms with E-state index in [2.05, 4.69) is 31.1 Å². The third kappa shape index (κ3) is 1.90. The molecule has 0 bridgehead atoms. The van der Waals surface area contributed by atoms with Crippen molar-refractivity contribution in [3.05, 3.63) is 24.0 Å². The SMILES string of the molecule is CCC(C)Cc1cc[nH]c1. The summed E-state index contributed by atoms with van der Waals surface area (Å²) < 4.78 is 0. The molecule has 0 amide bonds. The molecule has 0 saturated heterocycles. The molecule has 1 unspecified atom stereocenters. The molecule has 56 valence electrons. The van der Waals surface area contributed by atoms with Crippen molar-refractivity contribution in [2.75, 3.05) is 0 Å². The van der Waals surface area contributed by atoms with Crippen LogP contribution in [0.1, 0.15) is 25.8 Å². The molecular weight excluding hydrogens is 122 g/mol. The summed E-state index contributed by atoms with van der Waals surface area (Å²) in [7, 11) is 0. The van der Waals surface area contributed by atoms with Crippen LogP contribution < -0.4 is 0 Å². The Bertz CT molecular complexity index is 165. The Balaban J connectivity index is 2.40. The zero-order chi connectivity index (χ0) is 7.40. The van der Waals surface area contributed by atoms with Gasteiger partial charge < -0.3 is 4.98 Å². The molecule has 0 saturated carbocycles. The van der Waals surface area contributed by atoms with Crippen LogP contribution in [-0.4, -0.2) is 4.98 Å². The maximum Gasteiger partial charge on any atom is 0.00374 e. The number of nitrogens with one attached hydrogen (secondary N) is 1. The van der Waals surface area contributed by atoms with Crippen LogP contribution >= 0.6 is 0 Å². The highest BCUT2D eigenvalue weighted by molar-refractivity contribution is 5.08. The standard InChI is InChI=1S/C9H15N/c1-3-8(2)6-9-4-5-10-7-9/h4-5,7-8,10H,3,6H2,1-2H3. The second kappa shape index (κ2) is 3.45. The topological polar surface area (TPSA) is 15.8 Å². The van der Waals surface area contributed by atoms with Crippen molar-refractivity contribution < 1.29 is 0 Å². The minimum Gasteiger partial charge on any atom is -0.367 e. The molecule has 0 aliphatic rings. The van der Waals surface area contributed by atoms with E-state index in [-0.39, 0.29) is 0 Å². The lowest BCUT2D eigenvalue weighted by Crippen LogP contribution is -1.95. The van der Waals surface area contributed by atoms with Gasteiger partial charge in [-0.05, 0) is 24.0 Å². The van der Waals surface area contributed by atoms with Gasteiger partial charge in [-0.3, -0.25) is 0 Å². The quantitative estimate of drug-likeness (QED) is 0.659. The average molecular weight is 137 g/mol. The first-order chi connectivity index (χ1) is 4.83. The highest BCUT2D eigenvalue weighted by Crippen LogP contribution is 2.09. The van der Waals surface area contributed by atoms with Gasteiger partial charge in [0, 0.05) is 12.4 Å². The second-order valence-electron chi connectivity index (χ2n) is 2.94. The van der Waals surface area contributed by atoms with Gasteiger partial charge in [-0.15, -0.1) is 0 Å². The molecule has 0 spiro atoms. The van der Waals surface area contributed by atoms with Crippen LogP contribution in [0.3, 0.4) is 0 Å². The second-order valence-corrected chi connectivity index (χ2v) is 2.94. The molecule has 1 rings (SSSR count). The van der Waals surface area contributed by atoms with E-state index in [4.69, 9.17) is 0 Å². The third-order valence-electron chi connectivity index (χ3n) is 1.94. The van der Waals surface area contributed by atoms with E-state index < -0.39 is 0 Å². The maximum atomic E-state index is 3.06. The predicted octanol–water partition coefficient (Wildman–Crippen LogP) is 2.60. The van der Waals surface area contributed by atoms with Crippen LogP contribution in [0.5, 0.6) is 0 Å². The number of aromatic amines is 1. The average Bonchev–Trinajstić information content (AvgIpc) is 2.40. The molecule has 1 N–H and O–H groups in total. The smallest absolute Gasteiger partial charge is 0.00374 e. The Morgan fingerprint density at radius 3 is 2.90 bits per heavy atom. The zero-order valence-corrected chi connectivity index (χ0v) is 6.72. The summed E-state index contributed by atoms with van der Waals surface area (Å²) in [5.41, 5.74) is 1.43. The van der Waals surface area contributed by atoms with Gasteiger partial charge in [-0.1, -0.05) is 20.3 Å². The lowest BCUT2D eigenvalue weighted by Gasteiger charge is -2.04. The van der Waals surface area contributed by atoms with Crippen LogP contribution in [-0.2, 0) is 6.42 Å². The molecule has 1 aromatic rings. The van der Waals surface area contributed by atoms with Crippen LogP contribution in [0.15, 0.2) is 18.5 Å². The number of rotatable bonds is 3. The van der Waals surface area contributed by atoms with Crippen molar-refractivity contribution in [2.24, 2.45) is 5.92 Å². The van der Waals surface area contributed by atoms with Crippen molar-refractivity contribution in [3.8, 4) is 0 Å². The maximum absolute atomic E-state index is 3.06. The van der Waals surface area contributed by atoms with Crippen LogP contribution in [0.2, 0.25) is 0 Å². The number of H-pyrrole nitrogens is 1. The van der Waals surface area contributed by atoms with Crippen molar-refractivity contribution in [1.82, 2.24) is 4.98 Å². The van der Waals surface area contributed by atoms with Gasteiger partial charge in [0.15, 0.2) is 0 Å². The summed E-state index contributed by atoms with van der Waals surface area (Å²) >= 11 is 0. The van der Waals surface area contributed by atoms with E-state index in [1.807, 2.05) is 6.20 Å². The highest BCUT2D eigenvalue weighted by Gasteiger charge is 1.99. The van der Waals surface area contributed by atoms with Gasteiger partial charge in [-0.25, -0.2) is 0 Å². The zero-order valence-electron chi connectivity index (χ0n) is 6.72. The van der Waals surface area contributed by atoms with Gasteiger partial charge in [0.05, 0.1) is 0 Å². The minimum absolute atomic E-state index is 0.816. The summed E-state index contributed by atoms with van der Waals surface area (Å²) in [6.45, 7) is 4.52. The van der Waals surface area contributed by atoms with Crippen molar-refractivity contribution in [3.63, 3.8) is 0 Å². The third-order valence-corrected chi connectivity index (χ3v) is 1.94. The van der Waals surface area contributed by atoms with E-state index in [9.17, 15) is 0 Å². The largest absolute Gasteiger partial charge is 0.367 e. The summed E-state index contributed by atoms with van der Waals surface area (Å²) in [5.74, 6) is 0.816. The van der Waals surface area contributed by atoms with E-state index >= 15 is 0 Å². The molecular formula is C9H15N. The fourth-order valence-corrected chi connectivity index (χ4v) is 1.03. The Labute approximate surface area is 62.5 Å².